The topological polar surface area (TPSA) is 185 Å². The maximum absolute atomic E-state index is 15.0. The van der Waals surface area contributed by atoms with Gasteiger partial charge in [-0.2, -0.15) is 13.2 Å². The number of rotatable bonds is 10. The number of halogens is 3. The van der Waals surface area contributed by atoms with Crippen molar-refractivity contribution in [2.75, 3.05) is 13.2 Å². The minimum absolute atomic E-state index is 0.0630. The summed E-state index contributed by atoms with van der Waals surface area (Å²) in [5, 5.41) is 13.8. The fourth-order valence-corrected chi connectivity index (χ4v) is 9.54. The highest BCUT2D eigenvalue weighted by Gasteiger charge is 2.63. The van der Waals surface area contributed by atoms with Crippen molar-refractivity contribution in [2.45, 2.75) is 127 Å². The van der Waals surface area contributed by atoms with Crippen LogP contribution in [0.25, 0.3) is 10.8 Å². The Bertz CT molecular complexity index is 2060. The number of fused-ring (bicyclic) bond motifs is 3. The number of hydrogen-bond donors (Lipinski definition) is 3. The number of aromatic nitrogens is 1. The molecular formula is C40H52F3N5O9S. The first-order chi connectivity index (χ1) is 27.2. The third-order valence-electron chi connectivity index (χ3n) is 11.8. The van der Waals surface area contributed by atoms with Crippen molar-refractivity contribution < 1.29 is 55.3 Å². The van der Waals surface area contributed by atoms with Crippen molar-refractivity contribution in [3.05, 3.63) is 42.6 Å². The summed E-state index contributed by atoms with van der Waals surface area (Å²) >= 11 is 0. The van der Waals surface area contributed by atoms with Crippen LogP contribution in [0.2, 0.25) is 0 Å². The third-order valence-corrected chi connectivity index (χ3v) is 13.6. The molecule has 0 radical (unpaired) electrons. The van der Waals surface area contributed by atoms with Crippen molar-refractivity contribution in [1.29, 1.82) is 0 Å². The van der Waals surface area contributed by atoms with Crippen LogP contribution in [0.3, 0.4) is 0 Å². The van der Waals surface area contributed by atoms with Crippen LogP contribution in [0, 0.1) is 17.8 Å². The largest absolute Gasteiger partial charge is 0.494 e. The number of ether oxygens (including phenoxy) is 2. The Morgan fingerprint density at radius 3 is 2.50 bits per heavy atom. The molecule has 2 aliphatic heterocycles. The van der Waals surface area contributed by atoms with E-state index in [1.165, 1.54) is 13.1 Å². The molecular weight excluding hydrogens is 784 g/mol. The Labute approximate surface area is 335 Å². The number of carboxylic acid groups (broad SMARTS) is 1. The molecule has 14 nitrogen and oxygen atoms in total. The maximum atomic E-state index is 15.0. The molecule has 4 aliphatic rings. The van der Waals surface area contributed by atoms with Crippen LogP contribution in [-0.4, -0.2) is 106 Å². The van der Waals surface area contributed by atoms with Gasteiger partial charge in [-0.25, -0.2) is 18.2 Å². The molecule has 2 aliphatic carbocycles. The normalized spacial score (nSPS) is 28.9. The van der Waals surface area contributed by atoms with E-state index in [0.717, 1.165) is 16.7 Å². The number of carbonyl (C=O) groups excluding carboxylic acids is 3. The first-order valence-electron chi connectivity index (χ1n) is 19.8. The fraction of sp³-hybridized carbons (Fsp3) is 0.625. The molecule has 18 heteroatoms. The molecule has 1 aromatic heterocycles. The highest BCUT2D eigenvalue weighted by Crippen LogP contribution is 2.47. The van der Waals surface area contributed by atoms with E-state index in [1.54, 1.807) is 30.3 Å². The van der Waals surface area contributed by atoms with Crippen LogP contribution >= 0.6 is 0 Å². The molecule has 2 aromatic rings. The van der Waals surface area contributed by atoms with E-state index in [2.05, 4.69) is 15.0 Å². The van der Waals surface area contributed by atoms with Gasteiger partial charge in [0.1, 0.15) is 35.0 Å². The highest BCUT2D eigenvalue weighted by atomic mass is 32.2. The number of alkyl halides is 3. The molecule has 1 aromatic carbocycles. The summed E-state index contributed by atoms with van der Waals surface area (Å²) in [6, 6.07) is 3.69. The van der Waals surface area contributed by atoms with Crippen molar-refractivity contribution in [3.8, 4) is 11.6 Å². The Balaban J connectivity index is 1.40. The zero-order valence-corrected chi connectivity index (χ0v) is 34.1. The quantitative estimate of drug-likeness (QED) is 0.256. The first-order valence-corrected chi connectivity index (χ1v) is 21.4. The number of sulfonamides is 1. The van der Waals surface area contributed by atoms with Crippen molar-refractivity contribution in [2.24, 2.45) is 17.8 Å². The highest BCUT2D eigenvalue weighted by molar-refractivity contribution is 7.91. The monoisotopic (exact) mass is 835 g/mol. The second kappa shape index (κ2) is 16.2. The number of nitrogens with one attached hydrogen (secondary N) is 2. The van der Waals surface area contributed by atoms with Gasteiger partial charge in [0.2, 0.25) is 27.7 Å². The lowest BCUT2D eigenvalue weighted by Gasteiger charge is -2.45. The molecule has 1 saturated heterocycles. The van der Waals surface area contributed by atoms with Gasteiger partial charge >= 0.3 is 12.3 Å². The SMILES string of the molecule is CCCOc1ccc2c(O[C@@H]3C[C@H]4C(=O)N[C@]5(C(=O)NS(=O)(=O)C6CC6)C[C@H]5/C=C\CC[C@H](C)C[C@@H](C)[C@H](N(C(=O)O)C(C)(C)C(F)(F)F)C(=O)N4C3)nccc2c1. The summed E-state index contributed by atoms with van der Waals surface area (Å²) < 4.78 is 84.1. The zero-order valence-electron chi connectivity index (χ0n) is 33.3. The first kappa shape index (κ1) is 43.0. The van der Waals surface area contributed by atoms with Crippen LogP contribution in [0.15, 0.2) is 42.6 Å². The minimum Gasteiger partial charge on any atom is -0.494 e. The third kappa shape index (κ3) is 8.71. The summed E-state index contributed by atoms with van der Waals surface area (Å²) in [5.41, 5.74) is -4.72. The van der Waals surface area contributed by atoms with E-state index in [0.29, 0.717) is 57.3 Å². The smallest absolute Gasteiger partial charge is 0.411 e. The zero-order chi connectivity index (χ0) is 42.4. The predicted octanol–water partition coefficient (Wildman–Crippen LogP) is 5.56. The second-order valence-electron chi connectivity index (χ2n) is 16.8. The molecule has 318 valence electrons. The lowest BCUT2D eigenvalue weighted by atomic mass is 9.85. The lowest BCUT2D eigenvalue weighted by Crippen LogP contribution is -2.66. The van der Waals surface area contributed by atoms with Crippen molar-refractivity contribution in [1.82, 2.24) is 24.8 Å². The van der Waals surface area contributed by atoms with Gasteiger partial charge in [-0.1, -0.05) is 32.9 Å². The molecule has 3 heterocycles. The average molecular weight is 836 g/mol. The van der Waals surface area contributed by atoms with Gasteiger partial charge in [0, 0.05) is 23.9 Å². The van der Waals surface area contributed by atoms with Gasteiger partial charge in [-0.3, -0.25) is 24.0 Å². The van der Waals surface area contributed by atoms with Gasteiger partial charge < -0.3 is 24.8 Å². The van der Waals surface area contributed by atoms with Gasteiger partial charge in [0.05, 0.1) is 18.4 Å². The number of hydrogen-bond acceptors (Lipinski definition) is 9. The number of allylic oxidation sites excluding steroid dienone is 1. The summed E-state index contributed by atoms with van der Waals surface area (Å²) in [5.74, 6) is -3.78. The van der Waals surface area contributed by atoms with Crippen LogP contribution in [0.5, 0.6) is 11.6 Å². The number of amides is 4. The van der Waals surface area contributed by atoms with Crippen molar-refractivity contribution in [3.63, 3.8) is 0 Å². The predicted molar refractivity (Wildman–Crippen MR) is 206 cm³/mol. The number of nitrogens with zero attached hydrogens (tertiary/aromatic N) is 3. The number of pyridine rings is 1. The minimum atomic E-state index is -5.09. The van der Waals surface area contributed by atoms with Crippen LogP contribution < -0.4 is 19.5 Å². The molecule has 58 heavy (non-hydrogen) atoms. The van der Waals surface area contributed by atoms with Crippen LogP contribution in [0.4, 0.5) is 18.0 Å². The van der Waals surface area contributed by atoms with Crippen LogP contribution in [-0.2, 0) is 24.4 Å². The van der Waals surface area contributed by atoms with E-state index < -0.39 is 86.4 Å². The molecule has 0 spiro atoms. The van der Waals surface area contributed by atoms with Gasteiger partial charge in [-0.15, -0.1) is 0 Å². The van der Waals surface area contributed by atoms with Crippen LogP contribution in [0.1, 0.15) is 86.0 Å². The summed E-state index contributed by atoms with van der Waals surface area (Å²) in [7, 11) is -4.02. The Morgan fingerprint density at radius 1 is 1.12 bits per heavy atom. The maximum Gasteiger partial charge on any atom is 0.411 e. The van der Waals surface area contributed by atoms with E-state index in [9.17, 15) is 45.9 Å². The Kier molecular flexibility index (Phi) is 12.0. The second-order valence-corrected chi connectivity index (χ2v) is 18.7. The summed E-state index contributed by atoms with van der Waals surface area (Å²) in [6.07, 6.45) is -0.375. The Hall–Kier alpha value is -4.61. The van der Waals surface area contributed by atoms with Gasteiger partial charge in [0.25, 0.3) is 5.91 Å². The molecule has 6 rings (SSSR count). The molecule has 7 atom stereocenters. The van der Waals surface area contributed by atoms with Crippen molar-refractivity contribution >= 4 is 44.6 Å². The molecule has 0 bridgehead atoms. The lowest BCUT2D eigenvalue weighted by molar-refractivity contribution is -0.222. The molecule has 4 amide bonds. The van der Waals surface area contributed by atoms with Gasteiger partial charge in [-0.05, 0) is 100 Å². The van der Waals surface area contributed by atoms with Gasteiger partial charge in [0.15, 0.2) is 0 Å². The van der Waals surface area contributed by atoms with E-state index in [4.69, 9.17) is 9.47 Å². The molecule has 3 fully saturated rings. The summed E-state index contributed by atoms with van der Waals surface area (Å²) in [4.78, 5) is 61.8. The summed E-state index contributed by atoms with van der Waals surface area (Å²) in [6.45, 7) is 6.91. The van der Waals surface area contributed by atoms with E-state index in [-0.39, 0.29) is 42.5 Å². The standard InChI is InChI=1S/C40H52F3N5O9S/c1-6-17-56-27-11-14-30-25(19-27)15-16-44-34(30)57-28-20-31-33(49)45-39(36(51)46-58(54,55)29-12-13-29)21-26(39)10-8-7-9-23(2)18-24(3)32(35(50)47(31)22-28)48(37(52)53)38(4,5)40(41,42)43/h8,10-11,14-16,19,23-24,26,28-29,31-32H,6-7,9,12-13,17-18,20-22H2,1-5H3,(H,45,49)(H,46,51)(H,52,53)/b10-8-/t23-,24+,26+,28+,31-,32-,39+/m0/s1. The molecule has 3 N–H and O–H groups in total. The number of benzene rings is 1. The Morgan fingerprint density at radius 2 is 1.84 bits per heavy atom. The molecule has 2 saturated carbocycles. The molecule has 0 unspecified atom stereocenters. The fourth-order valence-electron chi connectivity index (χ4n) is 8.17. The van der Waals surface area contributed by atoms with E-state index in [1.807, 2.05) is 19.9 Å². The van der Waals surface area contributed by atoms with E-state index >= 15 is 0 Å². The average Bonchev–Trinajstić information content (AvgIpc) is 4.07. The number of carbonyl (C=O) groups is 4.